The minimum absolute atomic E-state index is 0. The molecule has 1 aromatic carbocycles. The normalized spacial score (nSPS) is 21.2. The highest BCUT2D eigenvalue weighted by Gasteiger charge is 2.38. The highest BCUT2D eigenvalue weighted by Crippen LogP contribution is 2.40. The molecule has 0 amide bonds. The van der Waals surface area contributed by atoms with E-state index in [-0.39, 0.29) is 12.4 Å². The summed E-state index contributed by atoms with van der Waals surface area (Å²) in [5.41, 5.74) is 1.67. The number of methoxy groups -OCH3 is 1. The van der Waals surface area contributed by atoms with Crippen molar-refractivity contribution in [1.29, 1.82) is 0 Å². The summed E-state index contributed by atoms with van der Waals surface area (Å²) >= 11 is 6.35. The summed E-state index contributed by atoms with van der Waals surface area (Å²) in [5, 5.41) is 4.28. The van der Waals surface area contributed by atoms with E-state index in [0.717, 1.165) is 22.9 Å². The van der Waals surface area contributed by atoms with Crippen LogP contribution in [-0.4, -0.2) is 38.2 Å². The Hall–Kier alpha value is -0.480. The average molecular weight is 331 g/mol. The van der Waals surface area contributed by atoms with Gasteiger partial charge in [0, 0.05) is 23.7 Å². The molecule has 0 bridgehead atoms. The topological polar surface area (TPSA) is 24.5 Å². The Balaban J connectivity index is 0.00000161. The minimum atomic E-state index is 0. The summed E-state index contributed by atoms with van der Waals surface area (Å²) in [6.45, 7) is 5.61. The summed E-state index contributed by atoms with van der Waals surface area (Å²) in [6, 6.07) is 5.90. The highest BCUT2D eigenvalue weighted by molar-refractivity contribution is 6.31. The van der Waals surface area contributed by atoms with Gasteiger partial charge in [0.05, 0.1) is 7.11 Å². The second kappa shape index (κ2) is 7.19. The average Bonchev–Trinajstić information content (AvgIpc) is 2.84. The van der Waals surface area contributed by atoms with Gasteiger partial charge in [0.25, 0.3) is 0 Å². The first-order chi connectivity index (χ1) is 9.72. The molecule has 1 aromatic rings. The van der Waals surface area contributed by atoms with Crippen LogP contribution in [0.2, 0.25) is 5.02 Å². The lowest BCUT2D eigenvalue weighted by molar-refractivity contribution is 0.193. The summed E-state index contributed by atoms with van der Waals surface area (Å²) in [5.74, 6) is 0.906. The highest BCUT2D eigenvalue weighted by atomic mass is 35.5. The lowest BCUT2D eigenvalue weighted by Gasteiger charge is -2.34. The molecule has 2 saturated heterocycles. The van der Waals surface area contributed by atoms with Crippen molar-refractivity contribution in [3.63, 3.8) is 0 Å². The molecule has 21 heavy (non-hydrogen) atoms. The molecule has 0 aromatic heterocycles. The fraction of sp³-hybridized carbons (Fsp3) is 0.625. The zero-order chi connectivity index (χ0) is 14.0. The van der Waals surface area contributed by atoms with Crippen LogP contribution >= 0.6 is 24.0 Å². The van der Waals surface area contributed by atoms with Crippen LogP contribution in [0.25, 0.3) is 0 Å². The number of ether oxygens (including phenoxy) is 1. The second-order valence-corrected chi connectivity index (χ2v) is 6.54. The van der Waals surface area contributed by atoms with Crippen molar-refractivity contribution < 1.29 is 4.74 Å². The van der Waals surface area contributed by atoms with Crippen LogP contribution in [0.15, 0.2) is 18.2 Å². The van der Waals surface area contributed by atoms with E-state index >= 15 is 0 Å². The van der Waals surface area contributed by atoms with Gasteiger partial charge < -0.3 is 10.1 Å². The fourth-order valence-corrected chi connectivity index (χ4v) is 3.86. The molecule has 118 valence electrons. The van der Waals surface area contributed by atoms with E-state index in [2.05, 4.69) is 10.2 Å². The van der Waals surface area contributed by atoms with Crippen LogP contribution in [0, 0.1) is 5.41 Å². The monoisotopic (exact) mass is 330 g/mol. The van der Waals surface area contributed by atoms with Crippen molar-refractivity contribution in [2.75, 3.05) is 33.3 Å². The molecule has 0 atom stereocenters. The van der Waals surface area contributed by atoms with Crippen molar-refractivity contribution >= 4 is 24.0 Å². The van der Waals surface area contributed by atoms with E-state index in [1.54, 1.807) is 7.11 Å². The first-order valence-electron chi connectivity index (χ1n) is 7.47. The van der Waals surface area contributed by atoms with E-state index < -0.39 is 0 Å². The smallest absolute Gasteiger partial charge is 0.124 e. The molecule has 1 N–H and O–H groups in total. The predicted molar refractivity (Wildman–Crippen MR) is 89.7 cm³/mol. The van der Waals surface area contributed by atoms with Crippen LogP contribution in [0.1, 0.15) is 24.8 Å². The van der Waals surface area contributed by atoms with Gasteiger partial charge in [-0.1, -0.05) is 17.7 Å². The molecule has 2 aliphatic rings. The van der Waals surface area contributed by atoms with E-state index in [1.165, 1.54) is 45.4 Å². The Morgan fingerprint density at radius 3 is 2.76 bits per heavy atom. The number of hydrogen-bond donors (Lipinski definition) is 1. The largest absolute Gasteiger partial charge is 0.496 e. The van der Waals surface area contributed by atoms with Gasteiger partial charge >= 0.3 is 0 Å². The van der Waals surface area contributed by atoms with Crippen molar-refractivity contribution in [1.82, 2.24) is 10.2 Å². The maximum absolute atomic E-state index is 6.35. The van der Waals surface area contributed by atoms with Gasteiger partial charge in [-0.3, -0.25) is 4.90 Å². The van der Waals surface area contributed by atoms with Gasteiger partial charge in [0.1, 0.15) is 5.75 Å². The molecule has 1 spiro atoms. The lowest BCUT2D eigenvalue weighted by atomic mass is 9.78. The second-order valence-electron chi connectivity index (χ2n) is 6.13. The molecule has 0 radical (unpaired) electrons. The quantitative estimate of drug-likeness (QED) is 0.919. The molecular formula is C16H24Cl2N2O. The number of halogens is 2. The number of piperidine rings is 1. The maximum Gasteiger partial charge on any atom is 0.124 e. The molecule has 3 nitrogen and oxygen atoms in total. The third-order valence-corrected chi connectivity index (χ3v) is 5.21. The van der Waals surface area contributed by atoms with Crippen LogP contribution in [-0.2, 0) is 6.54 Å². The first-order valence-corrected chi connectivity index (χ1v) is 7.85. The third kappa shape index (κ3) is 3.65. The summed E-state index contributed by atoms with van der Waals surface area (Å²) in [6.07, 6.45) is 3.94. The van der Waals surface area contributed by atoms with E-state index in [9.17, 15) is 0 Å². The van der Waals surface area contributed by atoms with Gasteiger partial charge in [-0.2, -0.15) is 0 Å². The zero-order valence-corrected chi connectivity index (χ0v) is 14.1. The van der Waals surface area contributed by atoms with Gasteiger partial charge in [-0.15, -0.1) is 12.4 Å². The molecule has 0 aliphatic carbocycles. The number of likely N-dealkylation sites (tertiary alicyclic amines) is 1. The molecule has 3 rings (SSSR count). The SMILES string of the molecule is COc1cccc(Cl)c1CN1CCC2(CCNCC2)C1.Cl. The summed E-state index contributed by atoms with van der Waals surface area (Å²) < 4.78 is 5.45. The molecule has 5 heteroatoms. The Labute approximate surface area is 138 Å². The van der Waals surface area contributed by atoms with E-state index in [0.29, 0.717) is 5.41 Å². The molecule has 2 fully saturated rings. The molecule has 2 heterocycles. The fourth-order valence-electron chi connectivity index (χ4n) is 3.64. The van der Waals surface area contributed by atoms with Crippen LogP contribution in [0.5, 0.6) is 5.75 Å². The Morgan fingerprint density at radius 1 is 1.29 bits per heavy atom. The van der Waals surface area contributed by atoms with Crippen molar-refractivity contribution in [3.8, 4) is 5.75 Å². The van der Waals surface area contributed by atoms with Crippen LogP contribution in [0.4, 0.5) is 0 Å². The number of nitrogens with zero attached hydrogens (tertiary/aromatic N) is 1. The Bertz CT molecular complexity index is 475. The van der Waals surface area contributed by atoms with Crippen molar-refractivity contribution in [3.05, 3.63) is 28.8 Å². The van der Waals surface area contributed by atoms with Crippen LogP contribution in [0.3, 0.4) is 0 Å². The van der Waals surface area contributed by atoms with Crippen molar-refractivity contribution in [2.45, 2.75) is 25.8 Å². The summed E-state index contributed by atoms with van der Waals surface area (Å²) in [7, 11) is 1.72. The van der Waals surface area contributed by atoms with Gasteiger partial charge in [-0.05, 0) is 56.4 Å². The van der Waals surface area contributed by atoms with Gasteiger partial charge in [0.2, 0.25) is 0 Å². The Morgan fingerprint density at radius 2 is 2.05 bits per heavy atom. The van der Waals surface area contributed by atoms with Crippen LogP contribution < -0.4 is 10.1 Å². The van der Waals surface area contributed by atoms with E-state index in [1.807, 2.05) is 18.2 Å². The lowest BCUT2D eigenvalue weighted by Crippen LogP contribution is -2.38. The van der Waals surface area contributed by atoms with E-state index in [4.69, 9.17) is 16.3 Å². The standard InChI is InChI=1S/C16H23ClN2O.ClH/c1-20-15-4-2-3-14(17)13(15)11-19-10-7-16(12-19)5-8-18-9-6-16;/h2-4,18H,5-12H2,1H3;1H. The maximum atomic E-state index is 6.35. The third-order valence-electron chi connectivity index (χ3n) is 4.86. The Kier molecular flexibility index (Phi) is 5.78. The molecule has 2 aliphatic heterocycles. The number of rotatable bonds is 3. The summed E-state index contributed by atoms with van der Waals surface area (Å²) in [4.78, 5) is 2.54. The van der Waals surface area contributed by atoms with Gasteiger partial charge in [-0.25, -0.2) is 0 Å². The predicted octanol–water partition coefficient (Wildman–Crippen LogP) is 3.35. The zero-order valence-electron chi connectivity index (χ0n) is 12.5. The van der Waals surface area contributed by atoms with Gasteiger partial charge in [0.15, 0.2) is 0 Å². The number of benzene rings is 1. The number of nitrogens with one attached hydrogen (secondary N) is 1. The molecule has 0 unspecified atom stereocenters. The molecular weight excluding hydrogens is 307 g/mol. The molecule has 0 saturated carbocycles. The minimum Gasteiger partial charge on any atom is -0.496 e. The van der Waals surface area contributed by atoms with Crippen molar-refractivity contribution in [2.24, 2.45) is 5.41 Å². The first kappa shape index (κ1) is 16.9. The number of hydrogen-bond acceptors (Lipinski definition) is 3.